The summed E-state index contributed by atoms with van der Waals surface area (Å²) in [4.78, 5) is 17.4. The quantitative estimate of drug-likeness (QED) is 0.713. The van der Waals surface area contributed by atoms with Crippen molar-refractivity contribution in [1.29, 1.82) is 0 Å². The number of carbonyl (C=O) groups is 1. The predicted molar refractivity (Wildman–Crippen MR) is 96.0 cm³/mol. The number of aliphatic imine (C=N–C) groups is 1. The zero-order chi connectivity index (χ0) is 18.0. The molecule has 2 heterocycles. The standard InChI is InChI=1S/C17H24N4O3S/c1-11(2)9-14(17(22)19-12-7-8-18-10-12)20-16-13-5-3-4-6-15(13)25(23,24)21-16/h3-6,11-12,14,18H,7-10H2,1-2H3,(H,19,22)(H,20,21). The minimum absolute atomic E-state index is 0.106. The fourth-order valence-electron chi connectivity index (χ4n) is 3.13. The van der Waals surface area contributed by atoms with Crippen LogP contribution in [-0.4, -0.2) is 45.3 Å². The van der Waals surface area contributed by atoms with Crippen molar-refractivity contribution in [3.05, 3.63) is 29.8 Å². The molecule has 0 spiro atoms. The Morgan fingerprint density at radius 3 is 2.80 bits per heavy atom. The molecule has 2 unspecified atom stereocenters. The van der Waals surface area contributed by atoms with Gasteiger partial charge >= 0.3 is 0 Å². The second-order valence-electron chi connectivity index (χ2n) is 6.92. The molecule has 25 heavy (non-hydrogen) atoms. The molecule has 3 N–H and O–H groups in total. The van der Waals surface area contributed by atoms with Gasteiger partial charge in [-0.3, -0.25) is 14.5 Å². The number of hydrogen-bond acceptors (Lipinski definition) is 5. The molecule has 0 radical (unpaired) electrons. The van der Waals surface area contributed by atoms with E-state index in [0.717, 1.165) is 19.5 Å². The number of amides is 1. The van der Waals surface area contributed by atoms with Crippen LogP contribution in [0.3, 0.4) is 0 Å². The van der Waals surface area contributed by atoms with Gasteiger partial charge in [0.05, 0.1) is 4.90 Å². The highest BCUT2D eigenvalue weighted by molar-refractivity contribution is 7.90. The highest BCUT2D eigenvalue weighted by Gasteiger charge is 2.32. The van der Waals surface area contributed by atoms with E-state index in [-0.39, 0.29) is 28.6 Å². The molecule has 2 atom stereocenters. The fourth-order valence-corrected chi connectivity index (χ4v) is 4.36. The number of fused-ring (bicyclic) bond motifs is 1. The van der Waals surface area contributed by atoms with Crippen molar-refractivity contribution in [2.24, 2.45) is 10.9 Å². The Kier molecular flexibility index (Phi) is 5.10. The molecule has 0 saturated carbocycles. The van der Waals surface area contributed by atoms with Crippen LogP contribution in [0.1, 0.15) is 32.3 Å². The Balaban J connectivity index is 1.87. The Hall–Kier alpha value is -1.93. The van der Waals surface area contributed by atoms with Crippen molar-refractivity contribution < 1.29 is 13.2 Å². The Morgan fingerprint density at radius 2 is 2.12 bits per heavy atom. The second kappa shape index (κ2) is 7.13. The van der Waals surface area contributed by atoms with E-state index in [0.29, 0.717) is 12.0 Å². The summed E-state index contributed by atoms with van der Waals surface area (Å²) in [5.74, 6) is 0.356. The lowest BCUT2D eigenvalue weighted by molar-refractivity contribution is -0.123. The molecule has 0 aromatic heterocycles. The maximum atomic E-state index is 12.7. The first kappa shape index (κ1) is 17.9. The van der Waals surface area contributed by atoms with Gasteiger partial charge < -0.3 is 10.6 Å². The number of rotatable bonds is 5. The van der Waals surface area contributed by atoms with Gasteiger partial charge in [0.1, 0.15) is 11.9 Å². The van der Waals surface area contributed by atoms with E-state index in [1.807, 2.05) is 13.8 Å². The summed E-state index contributed by atoms with van der Waals surface area (Å²) < 4.78 is 26.9. The van der Waals surface area contributed by atoms with Gasteiger partial charge in [0.2, 0.25) is 5.91 Å². The molecule has 8 heteroatoms. The lowest BCUT2D eigenvalue weighted by Crippen LogP contribution is -2.43. The van der Waals surface area contributed by atoms with Crippen LogP contribution in [0.2, 0.25) is 0 Å². The monoisotopic (exact) mass is 364 g/mol. The number of nitrogens with one attached hydrogen (secondary N) is 3. The predicted octanol–water partition coefficient (Wildman–Crippen LogP) is 0.618. The van der Waals surface area contributed by atoms with Gasteiger partial charge in [0.15, 0.2) is 0 Å². The van der Waals surface area contributed by atoms with Gasteiger partial charge in [-0.2, -0.15) is 0 Å². The first-order chi connectivity index (χ1) is 11.9. The van der Waals surface area contributed by atoms with Gasteiger partial charge in [0.25, 0.3) is 10.0 Å². The molecule has 1 saturated heterocycles. The Labute approximate surface area is 148 Å². The number of benzene rings is 1. The van der Waals surface area contributed by atoms with E-state index in [1.54, 1.807) is 24.3 Å². The van der Waals surface area contributed by atoms with Crippen molar-refractivity contribution in [2.45, 2.75) is 43.7 Å². The summed E-state index contributed by atoms with van der Waals surface area (Å²) in [6.45, 7) is 5.68. The Morgan fingerprint density at radius 1 is 1.36 bits per heavy atom. The molecular weight excluding hydrogens is 340 g/mol. The van der Waals surface area contributed by atoms with Crippen LogP contribution in [0.15, 0.2) is 34.2 Å². The van der Waals surface area contributed by atoms with Crippen molar-refractivity contribution in [1.82, 2.24) is 15.4 Å². The van der Waals surface area contributed by atoms with Crippen LogP contribution in [-0.2, 0) is 14.8 Å². The molecule has 0 aliphatic carbocycles. The topological polar surface area (TPSA) is 99.7 Å². The summed E-state index contributed by atoms with van der Waals surface area (Å²) in [5.41, 5.74) is 0.520. The second-order valence-corrected chi connectivity index (χ2v) is 8.57. The molecule has 3 rings (SSSR count). The van der Waals surface area contributed by atoms with Crippen molar-refractivity contribution in [3.8, 4) is 0 Å². The van der Waals surface area contributed by atoms with Gasteiger partial charge in [-0.15, -0.1) is 0 Å². The summed E-state index contributed by atoms with van der Waals surface area (Å²) >= 11 is 0. The van der Waals surface area contributed by atoms with Crippen molar-refractivity contribution in [2.75, 3.05) is 13.1 Å². The molecule has 1 fully saturated rings. The normalized spacial score (nSPS) is 24.1. The van der Waals surface area contributed by atoms with Crippen molar-refractivity contribution >= 4 is 21.8 Å². The Bertz CT molecular complexity index is 783. The van der Waals surface area contributed by atoms with Crippen LogP contribution in [0.25, 0.3) is 0 Å². The van der Waals surface area contributed by atoms with E-state index in [9.17, 15) is 13.2 Å². The van der Waals surface area contributed by atoms with Crippen LogP contribution < -0.4 is 15.4 Å². The average molecular weight is 364 g/mol. The molecular formula is C17H24N4O3S. The molecule has 2 aliphatic rings. The summed E-state index contributed by atoms with van der Waals surface area (Å²) in [6, 6.07) is 6.17. The molecule has 7 nitrogen and oxygen atoms in total. The average Bonchev–Trinajstić information content (AvgIpc) is 3.13. The molecule has 1 aromatic carbocycles. The molecule has 136 valence electrons. The van der Waals surface area contributed by atoms with Crippen LogP contribution in [0.5, 0.6) is 0 Å². The third-order valence-electron chi connectivity index (χ3n) is 4.35. The number of carbonyl (C=O) groups excluding carboxylic acids is 1. The summed E-state index contributed by atoms with van der Waals surface area (Å²) in [7, 11) is -3.60. The van der Waals surface area contributed by atoms with E-state index in [2.05, 4.69) is 20.3 Å². The third kappa shape index (κ3) is 4.01. The van der Waals surface area contributed by atoms with E-state index < -0.39 is 16.1 Å². The van der Waals surface area contributed by atoms with Gasteiger partial charge in [-0.05, 0) is 37.4 Å². The number of nitrogens with zero attached hydrogens (tertiary/aromatic N) is 1. The largest absolute Gasteiger partial charge is 0.350 e. The first-order valence-corrected chi connectivity index (χ1v) is 10.1. The van der Waals surface area contributed by atoms with Gasteiger partial charge in [-0.1, -0.05) is 26.0 Å². The van der Waals surface area contributed by atoms with E-state index in [4.69, 9.17) is 0 Å². The zero-order valence-electron chi connectivity index (χ0n) is 14.5. The maximum Gasteiger partial charge on any atom is 0.263 e. The number of amidine groups is 1. The first-order valence-electron chi connectivity index (χ1n) is 8.58. The van der Waals surface area contributed by atoms with Gasteiger partial charge in [0, 0.05) is 18.2 Å². The molecule has 2 aliphatic heterocycles. The zero-order valence-corrected chi connectivity index (χ0v) is 15.3. The maximum absolute atomic E-state index is 12.7. The van der Waals surface area contributed by atoms with Crippen LogP contribution >= 0.6 is 0 Å². The fraction of sp³-hybridized carbons (Fsp3) is 0.529. The molecule has 1 aromatic rings. The summed E-state index contributed by atoms with van der Waals surface area (Å²) in [5, 5.41) is 6.23. The highest BCUT2D eigenvalue weighted by atomic mass is 32.2. The van der Waals surface area contributed by atoms with E-state index in [1.165, 1.54) is 0 Å². The van der Waals surface area contributed by atoms with Crippen LogP contribution in [0, 0.1) is 5.92 Å². The minimum Gasteiger partial charge on any atom is -0.350 e. The smallest absolute Gasteiger partial charge is 0.263 e. The number of sulfonamides is 1. The van der Waals surface area contributed by atoms with Crippen molar-refractivity contribution in [3.63, 3.8) is 0 Å². The lowest BCUT2D eigenvalue weighted by atomic mass is 10.0. The highest BCUT2D eigenvalue weighted by Crippen LogP contribution is 2.23. The third-order valence-corrected chi connectivity index (χ3v) is 5.75. The SMILES string of the molecule is CC(C)CC(N=C1NS(=O)(=O)c2ccccc21)C(=O)NC1CCNC1. The van der Waals surface area contributed by atoms with Crippen LogP contribution in [0.4, 0.5) is 0 Å². The lowest BCUT2D eigenvalue weighted by Gasteiger charge is -2.18. The minimum atomic E-state index is -3.60. The summed E-state index contributed by atoms with van der Waals surface area (Å²) in [6.07, 6.45) is 1.45. The molecule has 0 bridgehead atoms. The van der Waals surface area contributed by atoms with E-state index >= 15 is 0 Å². The van der Waals surface area contributed by atoms with Gasteiger partial charge in [-0.25, -0.2) is 8.42 Å². The molecule has 1 amide bonds. The number of hydrogen-bond donors (Lipinski definition) is 3.